The van der Waals surface area contributed by atoms with E-state index in [9.17, 15) is 24.2 Å². The van der Waals surface area contributed by atoms with E-state index in [0.717, 1.165) is 6.92 Å². The number of carbonyl (C=O) groups excluding carboxylic acids is 2. The normalized spacial score (nSPS) is 31.6. The molecule has 2 rings (SSSR count). The second-order valence-corrected chi connectivity index (χ2v) is 6.84. The highest BCUT2D eigenvalue weighted by atomic mass is 19.2. The lowest BCUT2D eigenvalue weighted by Gasteiger charge is -2.46. The minimum Gasteiger partial charge on any atom is -0.394 e. The molecule has 11 heteroatoms. The van der Waals surface area contributed by atoms with Crippen LogP contribution < -0.4 is 16.4 Å². The predicted molar refractivity (Wildman–Crippen MR) is 96.6 cm³/mol. The standard InChI is InChI=1S/C18H25F2N3O6/c1-9(25)23-13-12(21)16(19)18(20,29-15(13)14(27)11(26)8-24)17(28)22-7-10-5-3-2-4-6-10/h2-6,11-16,24,26-27H,7-8,21H2,1H3,(H,22,28)(H,23,25)/t11-,12-,13-,14-,15-,16-,18-/m1/s1. The Bertz CT molecular complexity index is 712. The first kappa shape index (κ1) is 23.1. The van der Waals surface area contributed by atoms with E-state index >= 15 is 4.39 Å². The molecule has 0 bridgehead atoms. The molecule has 0 spiro atoms. The van der Waals surface area contributed by atoms with Crippen LogP contribution >= 0.6 is 0 Å². The Morgan fingerprint density at radius 3 is 2.48 bits per heavy atom. The van der Waals surface area contributed by atoms with Crippen LogP contribution in [0.25, 0.3) is 0 Å². The van der Waals surface area contributed by atoms with Gasteiger partial charge in [-0.3, -0.25) is 9.59 Å². The van der Waals surface area contributed by atoms with Crippen molar-refractivity contribution < 1.29 is 38.4 Å². The molecule has 162 valence electrons. The lowest BCUT2D eigenvalue weighted by Crippen LogP contribution is -2.74. The average Bonchev–Trinajstić information content (AvgIpc) is 2.71. The molecule has 1 heterocycles. The van der Waals surface area contributed by atoms with Gasteiger partial charge < -0.3 is 36.4 Å². The highest BCUT2D eigenvalue weighted by Gasteiger charge is 2.61. The van der Waals surface area contributed by atoms with Crippen LogP contribution in [-0.2, 0) is 20.9 Å². The van der Waals surface area contributed by atoms with Crippen molar-refractivity contribution in [3.8, 4) is 0 Å². The molecule has 7 atom stereocenters. The number of amides is 2. The minimum absolute atomic E-state index is 0.127. The van der Waals surface area contributed by atoms with E-state index in [1.165, 1.54) is 0 Å². The molecule has 0 aromatic heterocycles. The number of nitrogens with two attached hydrogens (primary N) is 1. The Kier molecular flexibility index (Phi) is 7.60. The van der Waals surface area contributed by atoms with E-state index in [4.69, 9.17) is 15.6 Å². The van der Waals surface area contributed by atoms with Gasteiger partial charge >= 0.3 is 5.85 Å². The van der Waals surface area contributed by atoms with Crippen LogP contribution in [0.4, 0.5) is 8.78 Å². The molecule has 0 radical (unpaired) electrons. The van der Waals surface area contributed by atoms with Crippen molar-refractivity contribution in [1.82, 2.24) is 10.6 Å². The zero-order chi connectivity index (χ0) is 21.8. The van der Waals surface area contributed by atoms with Crippen molar-refractivity contribution in [2.45, 2.75) is 55.9 Å². The largest absolute Gasteiger partial charge is 0.394 e. The first-order valence-corrected chi connectivity index (χ1v) is 8.94. The molecule has 2 amide bonds. The van der Waals surface area contributed by atoms with E-state index in [1.54, 1.807) is 30.3 Å². The van der Waals surface area contributed by atoms with Crippen molar-refractivity contribution >= 4 is 11.8 Å². The summed E-state index contributed by atoms with van der Waals surface area (Å²) in [7, 11) is 0. The lowest BCUT2D eigenvalue weighted by atomic mass is 9.86. The molecular weight excluding hydrogens is 392 g/mol. The van der Waals surface area contributed by atoms with Crippen molar-refractivity contribution in [2.24, 2.45) is 5.73 Å². The molecule has 1 aliphatic rings. The number of aliphatic hydroxyl groups is 3. The summed E-state index contributed by atoms with van der Waals surface area (Å²) in [5.74, 6) is -5.75. The smallest absolute Gasteiger partial charge is 0.321 e. The first-order chi connectivity index (χ1) is 13.6. The molecule has 0 aliphatic carbocycles. The van der Waals surface area contributed by atoms with Crippen molar-refractivity contribution in [2.75, 3.05) is 6.61 Å². The van der Waals surface area contributed by atoms with E-state index in [2.05, 4.69) is 10.6 Å². The maximum Gasteiger partial charge on any atom is 0.321 e. The fourth-order valence-corrected chi connectivity index (χ4v) is 3.08. The monoisotopic (exact) mass is 417 g/mol. The number of rotatable bonds is 7. The predicted octanol–water partition coefficient (Wildman–Crippen LogP) is -1.75. The second kappa shape index (κ2) is 9.55. The van der Waals surface area contributed by atoms with Gasteiger partial charge in [-0.25, -0.2) is 4.39 Å². The van der Waals surface area contributed by atoms with Gasteiger partial charge in [0, 0.05) is 13.5 Å². The van der Waals surface area contributed by atoms with Gasteiger partial charge in [0.15, 0.2) is 6.17 Å². The number of aliphatic hydroxyl groups excluding tert-OH is 3. The number of alkyl halides is 2. The summed E-state index contributed by atoms with van der Waals surface area (Å²) in [6.45, 7) is 0.0234. The molecular formula is C18H25F2N3O6. The highest BCUT2D eigenvalue weighted by Crippen LogP contribution is 2.35. The van der Waals surface area contributed by atoms with Crippen LogP contribution in [0.2, 0.25) is 0 Å². The van der Waals surface area contributed by atoms with Gasteiger partial charge in [0.05, 0.1) is 18.7 Å². The Morgan fingerprint density at radius 1 is 1.31 bits per heavy atom. The van der Waals surface area contributed by atoms with Gasteiger partial charge in [0.2, 0.25) is 5.91 Å². The zero-order valence-corrected chi connectivity index (χ0v) is 15.7. The van der Waals surface area contributed by atoms with Gasteiger partial charge in [-0.05, 0) is 5.56 Å². The van der Waals surface area contributed by atoms with Crippen LogP contribution in [0.15, 0.2) is 30.3 Å². The van der Waals surface area contributed by atoms with E-state index < -0.39 is 60.8 Å². The minimum atomic E-state index is -3.59. The number of benzene rings is 1. The second-order valence-electron chi connectivity index (χ2n) is 6.84. The number of carbonyl (C=O) groups is 2. The van der Waals surface area contributed by atoms with Crippen LogP contribution in [0.3, 0.4) is 0 Å². The van der Waals surface area contributed by atoms with Gasteiger partial charge in [-0.15, -0.1) is 0 Å². The molecule has 1 aromatic rings. The summed E-state index contributed by atoms with van der Waals surface area (Å²) < 4.78 is 35.1. The molecule has 1 fully saturated rings. The zero-order valence-electron chi connectivity index (χ0n) is 15.7. The molecule has 1 aliphatic heterocycles. The van der Waals surface area contributed by atoms with E-state index in [-0.39, 0.29) is 6.54 Å². The molecule has 9 nitrogen and oxygen atoms in total. The number of hydrogen-bond donors (Lipinski definition) is 6. The first-order valence-electron chi connectivity index (χ1n) is 8.94. The average molecular weight is 417 g/mol. The fraction of sp³-hybridized carbons (Fsp3) is 0.556. The number of halogens is 2. The molecule has 1 aromatic carbocycles. The van der Waals surface area contributed by atoms with Crippen LogP contribution in [0.1, 0.15) is 12.5 Å². The third-order valence-electron chi connectivity index (χ3n) is 4.66. The van der Waals surface area contributed by atoms with Crippen LogP contribution in [0, 0.1) is 0 Å². The topological polar surface area (TPSA) is 154 Å². The number of hydrogen-bond acceptors (Lipinski definition) is 7. The lowest BCUT2D eigenvalue weighted by molar-refractivity contribution is -0.267. The molecule has 29 heavy (non-hydrogen) atoms. The van der Waals surface area contributed by atoms with E-state index in [0.29, 0.717) is 5.56 Å². The Morgan fingerprint density at radius 2 is 1.93 bits per heavy atom. The van der Waals surface area contributed by atoms with Crippen LogP contribution in [0.5, 0.6) is 0 Å². The summed E-state index contributed by atoms with van der Waals surface area (Å²) in [6.07, 6.45) is -8.27. The highest BCUT2D eigenvalue weighted by molar-refractivity contribution is 5.84. The van der Waals surface area contributed by atoms with Gasteiger partial charge in [0.1, 0.15) is 18.3 Å². The summed E-state index contributed by atoms with van der Waals surface area (Å²) in [5.41, 5.74) is 6.33. The van der Waals surface area contributed by atoms with E-state index in [1.807, 2.05) is 0 Å². The summed E-state index contributed by atoms with van der Waals surface area (Å²) >= 11 is 0. The molecule has 0 unspecified atom stereocenters. The third kappa shape index (κ3) is 5.06. The number of ether oxygens (including phenoxy) is 1. The van der Waals surface area contributed by atoms with Crippen LogP contribution in [-0.4, -0.2) is 76.2 Å². The van der Waals surface area contributed by atoms with Crippen molar-refractivity contribution in [1.29, 1.82) is 0 Å². The maximum atomic E-state index is 15.3. The van der Waals surface area contributed by atoms with Crippen molar-refractivity contribution in [3.63, 3.8) is 0 Å². The fourth-order valence-electron chi connectivity index (χ4n) is 3.08. The summed E-state index contributed by atoms with van der Waals surface area (Å²) in [6, 6.07) is 5.18. The molecule has 0 saturated carbocycles. The summed E-state index contributed by atoms with van der Waals surface area (Å²) in [5, 5.41) is 33.4. The SMILES string of the molecule is CC(=O)N[C@@H]1[C@@H](N)[C@@H](F)[C@](F)(C(=O)NCc2ccccc2)O[C@H]1[C@H](O)[C@H](O)CO. The maximum absolute atomic E-state index is 15.3. The number of nitrogens with one attached hydrogen (secondary N) is 2. The summed E-state index contributed by atoms with van der Waals surface area (Å²) in [4.78, 5) is 23.8. The van der Waals surface area contributed by atoms with Crippen molar-refractivity contribution in [3.05, 3.63) is 35.9 Å². The van der Waals surface area contributed by atoms with Gasteiger partial charge in [0.25, 0.3) is 5.91 Å². The third-order valence-corrected chi connectivity index (χ3v) is 4.66. The quantitative estimate of drug-likeness (QED) is 0.308. The molecule has 1 saturated heterocycles. The van der Waals surface area contributed by atoms with Gasteiger partial charge in [-0.1, -0.05) is 30.3 Å². The van der Waals surface area contributed by atoms with Gasteiger partial charge in [-0.2, -0.15) is 4.39 Å². The Balaban J connectivity index is 2.26. The Hall–Kier alpha value is -2.18. The Labute approximate surface area is 165 Å². The molecule has 7 N–H and O–H groups in total.